The molecular weight excluding hydrogens is 388 g/mol. The molecule has 0 amide bonds. The van der Waals surface area contributed by atoms with Crippen molar-refractivity contribution in [3.63, 3.8) is 0 Å². The van der Waals surface area contributed by atoms with Crippen molar-refractivity contribution in [3.05, 3.63) is 81.8 Å². The summed E-state index contributed by atoms with van der Waals surface area (Å²) in [6.07, 6.45) is -4.04. The molecule has 0 aromatic heterocycles. The van der Waals surface area contributed by atoms with E-state index in [-0.39, 0.29) is 29.9 Å². The fourth-order valence-corrected chi connectivity index (χ4v) is 4.20. The van der Waals surface area contributed by atoms with Gasteiger partial charge in [-0.1, -0.05) is 18.2 Å². The molecule has 0 spiro atoms. The second-order valence-electron chi connectivity index (χ2n) is 6.99. The number of amidine groups is 1. The maximum Gasteiger partial charge on any atom is 0.416 e. The smallest absolute Gasteiger partial charge is 0.416 e. The molecule has 1 aliphatic carbocycles. The lowest BCUT2D eigenvalue weighted by Crippen LogP contribution is -2.36. The van der Waals surface area contributed by atoms with Gasteiger partial charge in [0.2, 0.25) is 0 Å². The van der Waals surface area contributed by atoms with Crippen molar-refractivity contribution in [2.45, 2.75) is 24.4 Å². The Morgan fingerprint density at radius 3 is 2.48 bits per heavy atom. The second kappa shape index (κ2) is 6.43. The molecule has 8 heteroatoms. The summed E-state index contributed by atoms with van der Waals surface area (Å²) in [6, 6.07) is 8.73. The van der Waals surface area contributed by atoms with E-state index in [0.29, 0.717) is 16.7 Å². The lowest BCUT2D eigenvalue weighted by atomic mass is 9.68. The third-order valence-electron chi connectivity index (χ3n) is 5.52. The molecule has 2 aromatic carbocycles. The number of aliphatic imine (C=N–C) groups is 1. The van der Waals surface area contributed by atoms with Gasteiger partial charge in [-0.05, 0) is 48.2 Å². The van der Waals surface area contributed by atoms with Crippen LogP contribution in [-0.2, 0) is 21.1 Å². The predicted octanol–water partition coefficient (Wildman–Crippen LogP) is 4.07. The van der Waals surface area contributed by atoms with Gasteiger partial charge < -0.3 is 10.5 Å². The molecule has 1 heterocycles. The number of halogens is 4. The summed E-state index contributed by atoms with van der Waals surface area (Å²) in [4.78, 5) is 16.7. The van der Waals surface area contributed by atoms with E-state index in [1.807, 2.05) is 0 Å². The van der Waals surface area contributed by atoms with Crippen LogP contribution < -0.4 is 5.73 Å². The summed E-state index contributed by atoms with van der Waals surface area (Å²) in [6.45, 7) is 0. The number of allylic oxidation sites excluding steroid dienone is 1. The summed E-state index contributed by atoms with van der Waals surface area (Å²) in [7, 11) is 1.22. The lowest BCUT2D eigenvalue weighted by Gasteiger charge is -2.37. The van der Waals surface area contributed by atoms with Crippen LogP contribution in [0, 0.1) is 5.82 Å². The number of carbonyl (C=O) groups is 1. The Balaban J connectivity index is 2.07. The number of hydrogen-bond acceptors (Lipinski definition) is 4. The van der Waals surface area contributed by atoms with Crippen LogP contribution in [0.15, 0.2) is 58.7 Å². The van der Waals surface area contributed by atoms with Gasteiger partial charge in [0.25, 0.3) is 0 Å². The molecule has 1 unspecified atom stereocenters. The fourth-order valence-electron chi connectivity index (χ4n) is 4.20. The Morgan fingerprint density at radius 1 is 1.17 bits per heavy atom. The van der Waals surface area contributed by atoms with Gasteiger partial charge in [0.15, 0.2) is 0 Å². The fraction of sp³-hybridized carbons (Fsp3) is 0.238. The van der Waals surface area contributed by atoms with Crippen molar-refractivity contribution in [1.82, 2.24) is 0 Å². The van der Waals surface area contributed by atoms with Crippen LogP contribution in [0.5, 0.6) is 0 Å². The average Bonchev–Trinajstić information content (AvgIpc) is 3.07. The zero-order valence-electron chi connectivity index (χ0n) is 15.3. The Hall–Kier alpha value is -3.16. The molecule has 0 radical (unpaired) electrons. The first kappa shape index (κ1) is 19.2. The molecule has 2 aliphatic rings. The van der Waals surface area contributed by atoms with E-state index in [2.05, 4.69) is 4.99 Å². The second-order valence-corrected chi connectivity index (χ2v) is 6.99. The third-order valence-corrected chi connectivity index (χ3v) is 5.52. The van der Waals surface area contributed by atoms with E-state index in [1.54, 1.807) is 0 Å². The number of benzene rings is 2. The Morgan fingerprint density at radius 2 is 1.86 bits per heavy atom. The molecule has 150 valence electrons. The van der Waals surface area contributed by atoms with Gasteiger partial charge in [-0.25, -0.2) is 14.2 Å². The van der Waals surface area contributed by atoms with Crippen molar-refractivity contribution in [3.8, 4) is 0 Å². The predicted molar refractivity (Wildman–Crippen MR) is 97.6 cm³/mol. The minimum atomic E-state index is -4.56. The van der Waals surface area contributed by atoms with E-state index in [1.165, 1.54) is 37.4 Å². The molecule has 1 aliphatic heterocycles. The Bertz CT molecular complexity index is 1070. The first-order valence-corrected chi connectivity index (χ1v) is 8.82. The number of rotatable bonds is 2. The maximum absolute atomic E-state index is 13.6. The molecule has 0 saturated heterocycles. The van der Waals surface area contributed by atoms with Crippen LogP contribution in [-0.4, -0.2) is 18.9 Å². The topological polar surface area (TPSA) is 64.7 Å². The minimum Gasteiger partial charge on any atom is -0.466 e. The minimum absolute atomic E-state index is 0.0183. The van der Waals surface area contributed by atoms with Crippen molar-refractivity contribution >= 4 is 11.8 Å². The van der Waals surface area contributed by atoms with Crippen LogP contribution in [0.4, 0.5) is 17.6 Å². The van der Waals surface area contributed by atoms with Crippen LogP contribution in [0.25, 0.3) is 0 Å². The monoisotopic (exact) mass is 404 g/mol. The van der Waals surface area contributed by atoms with Gasteiger partial charge in [0.05, 0.1) is 29.4 Å². The van der Waals surface area contributed by atoms with Crippen molar-refractivity contribution in [2.75, 3.05) is 7.11 Å². The van der Waals surface area contributed by atoms with Crippen molar-refractivity contribution in [1.29, 1.82) is 0 Å². The van der Waals surface area contributed by atoms with E-state index < -0.39 is 28.9 Å². The normalized spacial score (nSPS) is 20.8. The highest BCUT2D eigenvalue weighted by atomic mass is 19.4. The Kier molecular flexibility index (Phi) is 4.25. The van der Waals surface area contributed by atoms with Crippen molar-refractivity contribution < 1.29 is 27.1 Å². The average molecular weight is 404 g/mol. The van der Waals surface area contributed by atoms with Gasteiger partial charge >= 0.3 is 12.1 Å². The summed E-state index contributed by atoms with van der Waals surface area (Å²) in [5.74, 6) is -1.08. The molecule has 4 nitrogen and oxygen atoms in total. The number of ether oxygens (including phenoxy) is 1. The number of esters is 1. The number of carbonyl (C=O) groups excluding carboxylic acids is 1. The molecule has 2 aromatic rings. The van der Waals surface area contributed by atoms with Gasteiger partial charge in [0.1, 0.15) is 11.7 Å². The highest BCUT2D eigenvalue weighted by molar-refractivity contribution is 6.04. The summed E-state index contributed by atoms with van der Waals surface area (Å²) < 4.78 is 58.7. The van der Waals surface area contributed by atoms with Crippen LogP contribution in [0.3, 0.4) is 0 Å². The maximum atomic E-state index is 13.6. The van der Waals surface area contributed by atoms with E-state index in [0.717, 1.165) is 12.1 Å². The van der Waals surface area contributed by atoms with Gasteiger partial charge in [-0.3, -0.25) is 0 Å². The van der Waals surface area contributed by atoms with Crippen molar-refractivity contribution in [2.24, 2.45) is 10.7 Å². The number of methoxy groups -OCH3 is 1. The summed E-state index contributed by atoms with van der Waals surface area (Å²) >= 11 is 0. The standard InChI is InChI=1S/C21H16F4N2O2/c1-29-19(28)15-8-9-20(11-2-5-13(22)6-3-11)16-10-12(21(23,24)25)4-7-14(16)18(26)27-17(15)20/h2-7,10H,8-9H2,1H3,(H2,26,27). The molecule has 29 heavy (non-hydrogen) atoms. The summed E-state index contributed by atoms with van der Waals surface area (Å²) in [5.41, 5.74) is 5.74. The van der Waals surface area contributed by atoms with Crippen LogP contribution >= 0.6 is 0 Å². The van der Waals surface area contributed by atoms with Gasteiger partial charge in [0, 0.05) is 5.56 Å². The zero-order chi connectivity index (χ0) is 21.0. The zero-order valence-corrected chi connectivity index (χ0v) is 15.3. The summed E-state index contributed by atoms with van der Waals surface area (Å²) in [5, 5.41) is 0. The molecule has 1 atom stereocenters. The molecule has 0 bridgehead atoms. The van der Waals surface area contributed by atoms with Gasteiger partial charge in [-0.2, -0.15) is 13.2 Å². The van der Waals surface area contributed by atoms with E-state index >= 15 is 0 Å². The van der Waals surface area contributed by atoms with Gasteiger partial charge in [-0.15, -0.1) is 0 Å². The van der Waals surface area contributed by atoms with Crippen LogP contribution in [0.1, 0.15) is 35.1 Å². The molecule has 0 saturated carbocycles. The lowest BCUT2D eigenvalue weighted by molar-refractivity contribution is -0.138. The highest BCUT2D eigenvalue weighted by Crippen LogP contribution is 2.54. The largest absolute Gasteiger partial charge is 0.466 e. The first-order valence-electron chi connectivity index (χ1n) is 8.82. The molecular formula is C21H16F4N2O2. The van der Waals surface area contributed by atoms with Crippen LogP contribution in [0.2, 0.25) is 0 Å². The quantitative estimate of drug-likeness (QED) is 0.606. The highest BCUT2D eigenvalue weighted by Gasteiger charge is 2.50. The number of nitrogens with zero attached hydrogens (tertiary/aromatic N) is 1. The van der Waals surface area contributed by atoms with E-state index in [4.69, 9.17) is 10.5 Å². The number of hydrogen-bond donors (Lipinski definition) is 1. The number of nitrogens with two attached hydrogens (primary N) is 1. The molecule has 4 rings (SSSR count). The molecule has 2 N–H and O–H groups in total. The van der Waals surface area contributed by atoms with E-state index in [9.17, 15) is 22.4 Å². The SMILES string of the molecule is COC(=O)C1=C2N=C(N)c3ccc(C(F)(F)F)cc3C2(c2ccc(F)cc2)CC1. The first-order chi connectivity index (χ1) is 13.7. The number of fused-ring (bicyclic) bond motifs is 3. The third kappa shape index (κ3) is 2.82. The molecule has 0 fully saturated rings. The number of alkyl halides is 3. The Labute approximate surface area is 163 Å².